The molecule has 2 aromatic carbocycles. The first kappa shape index (κ1) is 31.6. The molecule has 236 valence electrons. The van der Waals surface area contributed by atoms with Crippen LogP contribution in [0.2, 0.25) is 0 Å². The van der Waals surface area contributed by atoms with Crippen molar-refractivity contribution in [3.05, 3.63) is 89.2 Å². The Kier molecular flexibility index (Phi) is 10.7. The molecule has 9 heteroatoms. The third kappa shape index (κ3) is 8.23. The van der Waals surface area contributed by atoms with Gasteiger partial charge in [0, 0.05) is 88.0 Å². The molecule has 0 bridgehead atoms. The fraction of sp³-hybridized carbons (Fsp3) is 0.361. The highest BCUT2D eigenvalue weighted by Gasteiger charge is 2.23. The summed E-state index contributed by atoms with van der Waals surface area (Å²) in [5.41, 5.74) is 6.80. The fourth-order valence-electron chi connectivity index (χ4n) is 5.63. The van der Waals surface area contributed by atoms with Crippen molar-refractivity contribution in [1.29, 1.82) is 0 Å². The molecule has 0 saturated carbocycles. The van der Waals surface area contributed by atoms with Crippen molar-refractivity contribution in [3.63, 3.8) is 0 Å². The highest BCUT2D eigenvalue weighted by molar-refractivity contribution is 5.71. The van der Waals surface area contributed by atoms with Gasteiger partial charge in [-0.15, -0.1) is 0 Å². The SMILES string of the molecule is CCOC(=O)N1CCN(c2ccc(/C=C\c3cccc(/C=C\c4ccc(N5CCN(C(=O)OCC)CC5)cc4)[n+]3C)cc2)CC1. The minimum atomic E-state index is -0.223. The fourth-order valence-corrected chi connectivity index (χ4v) is 5.63. The monoisotopic (exact) mass is 610 g/mol. The Morgan fingerprint density at radius 2 is 0.978 bits per heavy atom. The van der Waals surface area contributed by atoms with Gasteiger partial charge in [0.1, 0.15) is 7.05 Å². The van der Waals surface area contributed by atoms with Crippen LogP contribution in [0.4, 0.5) is 21.0 Å². The van der Waals surface area contributed by atoms with E-state index in [1.54, 1.807) is 9.80 Å². The molecule has 3 heterocycles. The van der Waals surface area contributed by atoms with Crippen LogP contribution < -0.4 is 14.4 Å². The third-order valence-corrected chi connectivity index (χ3v) is 8.33. The first-order valence-corrected chi connectivity index (χ1v) is 15.8. The van der Waals surface area contributed by atoms with Gasteiger partial charge in [0.15, 0.2) is 0 Å². The predicted octanol–water partition coefficient (Wildman–Crippen LogP) is 5.41. The number of pyridine rings is 1. The predicted molar refractivity (Wildman–Crippen MR) is 180 cm³/mol. The smallest absolute Gasteiger partial charge is 0.409 e. The number of aromatic nitrogens is 1. The number of piperazine rings is 2. The van der Waals surface area contributed by atoms with Gasteiger partial charge in [-0.1, -0.05) is 24.3 Å². The van der Waals surface area contributed by atoms with Gasteiger partial charge >= 0.3 is 12.2 Å². The molecule has 2 aliphatic heterocycles. The second kappa shape index (κ2) is 15.3. The van der Waals surface area contributed by atoms with E-state index < -0.39 is 0 Å². The maximum atomic E-state index is 12.0. The summed E-state index contributed by atoms with van der Waals surface area (Å²) in [6.45, 7) is 10.3. The number of amides is 2. The van der Waals surface area contributed by atoms with Crippen LogP contribution in [0, 0.1) is 0 Å². The van der Waals surface area contributed by atoms with E-state index in [0.29, 0.717) is 39.4 Å². The Labute approximate surface area is 266 Å². The molecular formula is C36H44N5O4+. The number of hydrogen-bond donors (Lipinski definition) is 0. The minimum absolute atomic E-state index is 0.223. The van der Waals surface area contributed by atoms with Gasteiger partial charge in [-0.25, -0.2) is 9.59 Å². The van der Waals surface area contributed by atoms with Crippen LogP contribution in [0.25, 0.3) is 24.3 Å². The van der Waals surface area contributed by atoms with E-state index in [2.05, 4.69) is 112 Å². The van der Waals surface area contributed by atoms with Gasteiger partial charge in [0.2, 0.25) is 11.4 Å². The number of hydrogen-bond acceptors (Lipinski definition) is 6. The van der Waals surface area contributed by atoms with E-state index in [0.717, 1.165) is 60.1 Å². The van der Waals surface area contributed by atoms with Crippen molar-refractivity contribution >= 4 is 47.9 Å². The molecule has 5 rings (SSSR count). The van der Waals surface area contributed by atoms with Crippen LogP contribution >= 0.6 is 0 Å². The second-order valence-electron chi connectivity index (χ2n) is 11.1. The Hall–Kier alpha value is -4.79. The molecule has 2 saturated heterocycles. The third-order valence-electron chi connectivity index (χ3n) is 8.33. The molecular weight excluding hydrogens is 566 g/mol. The Morgan fingerprint density at radius 1 is 0.600 bits per heavy atom. The zero-order valence-electron chi connectivity index (χ0n) is 26.6. The zero-order valence-corrected chi connectivity index (χ0v) is 26.6. The summed E-state index contributed by atoms with van der Waals surface area (Å²) in [4.78, 5) is 32.1. The number of nitrogens with zero attached hydrogens (tertiary/aromatic N) is 5. The average Bonchev–Trinajstić information content (AvgIpc) is 3.08. The number of ether oxygens (including phenoxy) is 2. The first-order chi connectivity index (χ1) is 21.9. The standard InChI is InChI=1S/C36H44N5O4/c1-4-44-35(42)40-25-21-38(22-26-40)33-17-11-29(12-18-33)9-15-31-7-6-8-32(37(31)3)16-10-30-13-19-34(20-14-30)39-23-27-41(28-24-39)36(43)45-5-2/h6-20H,4-5,21-28H2,1-3H3/q+1. The van der Waals surface area contributed by atoms with E-state index in [9.17, 15) is 9.59 Å². The summed E-state index contributed by atoms with van der Waals surface area (Å²) in [6.07, 6.45) is 8.11. The van der Waals surface area contributed by atoms with Crippen LogP contribution in [0.1, 0.15) is 36.4 Å². The van der Waals surface area contributed by atoms with Gasteiger partial charge in [-0.3, -0.25) is 0 Å². The van der Waals surface area contributed by atoms with Crippen LogP contribution in [0.15, 0.2) is 66.7 Å². The van der Waals surface area contributed by atoms with Gasteiger partial charge in [0.05, 0.1) is 13.2 Å². The van der Waals surface area contributed by atoms with Crippen LogP contribution in [-0.2, 0) is 16.5 Å². The van der Waals surface area contributed by atoms with Gasteiger partial charge in [0.25, 0.3) is 0 Å². The summed E-state index contributed by atoms with van der Waals surface area (Å²) in [7, 11) is 2.08. The Balaban J connectivity index is 1.15. The van der Waals surface area contributed by atoms with Gasteiger partial charge < -0.3 is 29.1 Å². The number of carbonyl (C=O) groups is 2. The lowest BCUT2D eigenvalue weighted by atomic mass is 10.1. The first-order valence-electron chi connectivity index (χ1n) is 15.8. The zero-order chi connectivity index (χ0) is 31.6. The molecule has 2 amide bonds. The van der Waals surface area contributed by atoms with Crippen molar-refractivity contribution < 1.29 is 23.6 Å². The molecule has 0 N–H and O–H groups in total. The highest BCUT2D eigenvalue weighted by Crippen LogP contribution is 2.20. The molecule has 0 atom stereocenters. The van der Waals surface area contributed by atoms with E-state index in [4.69, 9.17) is 9.47 Å². The van der Waals surface area contributed by atoms with Crippen LogP contribution in [0.5, 0.6) is 0 Å². The van der Waals surface area contributed by atoms with E-state index >= 15 is 0 Å². The second-order valence-corrected chi connectivity index (χ2v) is 11.1. The molecule has 0 spiro atoms. The Bertz CT molecular complexity index is 1380. The molecule has 45 heavy (non-hydrogen) atoms. The molecule has 0 radical (unpaired) electrons. The molecule has 0 aliphatic carbocycles. The lowest BCUT2D eigenvalue weighted by Gasteiger charge is -2.35. The highest BCUT2D eigenvalue weighted by atomic mass is 16.6. The average molecular weight is 611 g/mol. The minimum Gasteiger partial charge on any atom is -0.450 e. The lowest BCUT2D eigenvalue weighted by Crippen LogP contribution is -2.49. The largest absolute Gasteiger partial charge is 0.450 e. The summed E-state index contributed by atoms with van der Waals surface area (Å²) in [5, 5.41) is 0. The number of benzene rings is 2. The topological polar surface area (TPSA) is 69.4 Å². The number of rotatable bonds is 8. The van der Waals surface area contributed by atoms with Crippen molar-refractivity contribution in [1.82, 2.24) is 9.80 Å². The van der Waals surface area contributed by atoms with Crippen molar-refractivity contribution in [2.24, 2.45) is 7.05 Å². The quantitative estimate of drug-likeness (QED) is 0.318. The van der Waals surface area contributed by atoms with Crippen molar-refractivity contribution in [2.75, 3.05) is 75.4 Å². The normalized spacial score (nSPS) is 15.6. The summed E-state index contributed by atoms with van der Waals surface area (Å²) in [5.74, 6) is 0. The Morgan fingerprint density at radius 3 is 1.33 bits per heavy atom. The molecule has 3 aromatic rings. The number of anilines is 2. The summed E-state index contributed by atoms with van der Waals surface area (Å²) < 4.78 is 12.4. The van der Waals surface area contributed by atoms with E-state index in [-0.39, 0.29) is 12.2 Å². The van der Waals surface area contributed by atoms with Crippen molar-refractivity contribution in [2.45, 2.75) is 13.8 Å². The molecule has 0 unspecified atom stereocenters. The van der Waals surface area contributed by atoms with Gasteiger partial charge in [-0.05, 0) is 67.5 Å². The molecule has 9 nitrogen and oxygen atoms in total. The summed E-state index contributed by atoms with van der Waals surface area (Å²) >= 11 is 0. The van der Waals surface area contributed by atoms with Crippen molar-refractivity contribution in [3.8, 4) is 0 Å². The molecule has 1 aromatic heterocycles. The van der Waals surface area contributed by atoms with Gasteiger partial charge in [-0.2, -0.15) is 4.57 Å². The summed E-state index contributed by atoms with van der Waals surface area (Å²) in [6, 6.07) is 23.4. The van der Waals surface area contributed by atoms with Crippen LogP contribution in [-0.4, -0.2) is 87.6 Å². The maximum absolute atomic E-state index is 12.0. The maximum Gasteiger partial charge on any atom is 0.409 e. The lowest BCUT2D eigenvalue weighted by molar-refractivity contribution is -0.675. The molecule has 2 fully saturated rings. The van der Waals surface area contributed by atoms with Crippen LogP contribution in [0.3, 0.4) is 0 Å². The number of carbonyl (C=O) groups excluding carboxylic acids is 2. The molecule has 2 aliphatic rings. The van der Waals surface area contributed by atoms with E-state index in [1.807, 2.05) is 13.8 Å². The van der Waals surface area contributed by atoms with E-state index in [1.165, 1.54) is 0 Å².